The molecule has 1 aliphatic heterocycles. The van der Waals surface area contributed by atoms with E-state index in [0.717, 1.165) is 34.0 Å². The van der Waals surface area contributed by atoms with Crippen LogP contribution in [0.3, 0.4) is 0 Å². The molecule has 7 heteroatoms. The minimum absolute atomic E-state index is 0.0210. The lowest BCUT2D eigenvalue weighted by Crippen LogP contribution is -2.27. The minimum atomic E-state index is -0.0210. The van der Waals surface area contributed by atoms with E-state index in [1.807, 2.05) is 61.5 Å². The number of rotatable bonds is 6. The van der Waals surface area contributed by atoms with E-state index in [1.165, 1.54) is 11.8 Å². The number of carbonyl (C=O) groups excluding carboxylic acids is 1. The zero-order valence-corrected chi connectivity index (χ0v) is 20.5. The molecular weight excluding hydrogens is 460 g/mol. The second kappa shape index (κ2) is 9.53. The summed E-state index contributed by atoms with van der Waals surface area (Å²) in [5.74, 6) is 0.756. The molecule has 1 aliphatic rings. The molecule has 0 saturated carbocycles. The maximum atomic E-state index is 12.6. The highest BCUT2D eigenvalue weighted by Crippen LogP contribution is 2.34. The van der Waals surface area contributed by atoms with Gasteiger partial charge in [-0.05, 0) is 68.8 Å². The molecule has 2 heterocycles. The molecule has 0 aliphatic carbocycles. The molecule has 1 fully saturated rings. The van der Waals surface area contributed by atoms with E-state index in [1.54, 1.807) is 4.90 Å². The first-order chi connectivity index (χ1) is 15.4. The monoisotopic (exact) mass is 482 g/mol. The number of hydrogen-bond donors (Lipinski definition) is 0. The highest BCUT2D eigenvalue weighted by atomic mass is 35.5. The summed E-state index contributed by atoms with van der Waals surface area (Å²) in [6.45, 7) is 7.05. The zero-order chi connectivity index (χ0) is 22.8. The molecule has 0 radical (unpaired) electrons. The van der Waals surface area contributed by atoms with Crippen LogP contribution in [-0.2, 0) is 11.4 Å². The topological polar surface area (TPSA) is 34.5 Å². The number of aromatic nitrogens is 1. The summed E-state index contributed by atoms with van der Waals surface area (Å²) in [6, 6.07) is 17.7. The molecular formula is C25H23ClN2O2S2. The molecule has 0 N–H and O–H groups in total. The Morgan fingerprint density at radius 1 is 1.12 bits per heavy atom. The van der Waals surface area contributed by atoms with Crippen LogP contribution in [0.15, 0.2) is 59.5 Å². The first-order valence-corrected chi connectivity index (χ1v) is 11.9. The van der Waals surface area contributed by atoms with Gasteiger partial charge in [-0.3, -0.25) is 9.69 Å². The van der Waals surface area contributed by atoms with E-state index < -0.39 is 0 Å². The Hall–Kier alpha value is -2.54. The van der Waals surface area contributed by atoms with Crippen LogP contribution in [0.4, 0.5) is 0 Å². The van der Waals surface area contributed by atoms with Crippen molar-refractivity contribution in [2.75, 3.05) is 6.54 Å². The van der Waals surface area contributed by atoms with Gasteiger partial charge in [-0.2, -0.15) is 0 Å². The molecule has 32 heavy (non-hydrogen) atoms. The summed E-state index contributed by atoms with van der Waals surface area (Å²) < 4.78 is 8.69. The number of carbonyl (C=O) groups is 1. The maximum absolute atomic E-state index is 12.6. The Bertz CT molecular complexity index is 1220. The van der Waals surface area contributed by atoms with Crippen molar-refractivity contribution in [3.05, 3.63) is 87.0 Å². The van der Waals surface area contributed by atoms with Crippen LogP contribution in [0.5, 0.6) is 5.75 Å². The number of benzene rings is 2. The van der Waals surface area contributed by atoms with Gasteiger partial charge in [0.1, 0.15) is 16.7 Å². The largest absolute Gasteiger partial charge is 0.489 e. The predicted octanol–water partition coefficient (Wildman–Crippen LogP) is 6.55. The van der Waals surface area contributed by atoms with Crippen molar-refractivity contribution in [1.29, 1.82) is 0 Å². The van der Waals surface area contributed by atoms with Crippen molar-refractivity contribution in [2.45, 2.75) is 27.4 Å². The summed E-state index contributed by atoms with van der Waals surface area (Å²) >= 11 is 12.9. The average molecular weight is 483 g/mol. The van der Waals surface area contributed by atoms with Gasteiger partial charge in [0.05, 0.1) is 4.91 Å². The molecule has 4 rings (SSSR count). The van der Waals surface area contributed by atoms with E-state index >= 15 is 0 Å². The van der Waals surface area contributed by atoms with Gasteiger partial charge in [-0.25, -0.2) is 0 Å². The van der Waals surface area contributed by atoms with E-state index in [2.05, 4.69) is 24.5 Å². The summed E-state index contributed by atoms with van der Waals surface area (Å²) in [5.41, 5.74) is 5.15. The molecule has 2 aromatic carbocycles. The summed E-state index contributed by atoms with van der Waals surface area (Å²) in [7, 11) is 0. The second-order valence-corrected chi connectivity index (χ2v) is 9.54. The van der Waals surface area contributed by atoms with Gasteiger partial charge >= 0.3 is 0 Å². The Labute approximate surface area is 202 Å². The van der Waals surface area contributed by atoms with Crippen molar-refractivity contribution in [3.63, 3.8) is 0 Å². The van der Waals surface area contributed by atoms with Gasteiger partial charge in [0.2, 0.25) is 0 Å². The van der Waals surface area contributed by atoms with Crippen LogP contribution < -0.4 is 4.74 Å². The standard InChI is InChI=1S/C25H23ClN2O2S2/c1-4-27-24(29)23(32-25(27)31)14-19-13-16(2)28(17(19)3)20-9-11-21(12-10-20)30-15-18-7-5-6-8-22(18)26/h5-14H,4,15H2,1-3H3. The SMILES string of the molecule is CCN1C(=O)C(=Cc2cc(C)n(-c3ccc(OCc4ccccc4Cl)cc3)c2C)SC1=S. The number of thioether (sulfide) groups is 1. The van der Waals surface area contributed by atoms with Crippen molar-refractivity contribution in [1.82, 2.24) is 9.47 Å². The third-order valence-electron chi connectivity index (χ3n) is 5.39. The van der Waals surface area contributed by atoms with E-state index in [9.17, 15) is 4.79 Å². The van der Waals surface area contributed by atoms with Gasteiger partial charge in [0, 0.05) is 34.2 Å². The van der Waals surface area contributed by atoms with Crippen LogP contribution in [0.25, 0.3) is 11.8 Å². The molecule has 0 bridgehead atoms. The summed E-state index contributed by atoms with van der Waals surface area (Å²) in [6.07, 6.45) is 1.94. The van der Waals surface area contributed by atoms with Gasteiger partial charge in [0.25, 0.3) is 5.91 Å². The first kappa shape index (κ1) is 22.6. The number of ether oxygens (including phenoxy) is 1. The highest BCUT2D eigenvalue weighted by Gasteiger charge is 2.30. The fourth-order valence-corrected chi connectivity index (χ4v) is 5.28. The number of likely N-dealkylation sites (N-methyl/N-ethyl adjacent to an activating group) is 1. The number of thiocarbonyl (C=S) groups is 1. The molecule has 1 saturated heterocycles. The average Bonchev–Trinajstić information content (AvgIpc) is 3.21. The number of aryl methyl sites for hydroxylation is 1. The van der Waals surface area contributed by atoms with Gasteiger partial charge in [-0.15, -0.1) is 0 Å². The van der Waals surface area contributed by atoms with Crippen LogP contribution in [0.1, 0.15) is 29.4 Å². The van der Waals surface area contributed by atoms with Crippen LogP contribution >= 0.6 is 35.6 Å². The first-order valence-electron chi connectivity index (χ1n) is 10.3. The Kier molecular flexibility index (Phi) is 6.74. The fourth-order valence-electron chi connectivity index (χ4n) is 3.71. The molecule has 0 unspecified atom stereocenters. The summed E-state index contributed by atoms with van der Waals surface area (Å²) in [5, 5.41) is 0.700. The Morgan fingerprint density at radius 2 is 1.84 bits per heavy atom. The lowest BCUT2D eigenvalue weighted by atomic mass is 10.2. The van der Waals surface area contributed by atoms with E-state index in [4.69, 9.17) is 28.6 Å². The molecule has 1 aromatic heterocycles. The van der Waals surface area contributed by atoms with E-state index in [0.29, 0.717) is 27.4 Å². The maximum Gasteiger partial charge on any atom is 0.266 e. The highest BCUT2D eigenvalue weighted by molar-refractivity contribution is 8.26. The lowest BCUT2D eigenvalue weighted by molar-refractivity contribution is -0.121. The van der Waals surface area contributed by atoms with Gasteiger partial charge < -0.3 is 9.30 Å². The van der Waals surface area contributed by atoms with Crippen LogP contribution in [0.2, 0.25) is 5.02 Å². The lowest BCUT2D eigenvalue weighted by Gasteiger charge is -2.12. The van der Waals surface area contributed by atoms with Crippen molar-refractivity contribution >= 4 is 51.9 Å². The number of amides is 1. The third-order valence-corrected chi connectivity index (χ3v) is 7.14. The minimum Gasteiger partial charge on any atom is -0.489 e. The second-order valence-electron chi connectivity index (χ2n) is 7.46. The fraction of sp³-hybridized carbons (Fsp3) is 0.200. The molecule has 4 nitrogen and oxygen atoms in total. The van der Waals surface area contributed by atoms with Crippen molar-refractivity contribution in [3.8, 4) is 11.4 Å². The zero-order valence-electron chi connectivity index (χ0n) is 18.1. The number of halogens is 1. The van der Waals surface area contributed by atoms with Crippen molar-refractivity contribution < 1.29 is 9.53 Å². The summed E-state index contributed by atoms with van der Waals surface area (Å²) in [4.78, 5) is 14.9. The van der Waals surface area contributed by atoms with Crippen LogP contribution in [0, 0.1) is 13.8 Å². The third kappa shape index (κ3) is 4.49. The molecule has 3 aromatic rings. The van der Waals surface area contributed by atoms with Gasteiger partial charge in [0.15, 0.2) is 0 Å². The Morgan fingerprint density at radius 3 is 2.50 bits per heavy atom. The normalized spacial score (nSPS) is 15.1. The van der Waals surface area contributed by atoms with Crippen LogP contribution in [-0.4, -0.2) is 26.2 Å². The van der Waals surface area contributed by atoms with Crippen molar-refractivity contribution in [2.24, 2.45) is 0 Å². The predicted molar refractivity (Wildman–Crippen MR) is 137 cm³/mol. The molecule has 1 amide bonds. The molecule has 0 atom stereocenters. The quantitative estimate of drug-likeness (QED) is 0.295. The van der Waals surface area contributed by atoms with Gasteiger partial charge in [-0.1, -0.05) is 53.8 Å². The van der Waals surface area contributed by atoms with E-state index in [-0.39, 0.29) is 5.91 Å². The molecule has 0 spiro atoms. The molecule has 164 valence electrons. The number of hydrogen-bond acceptors (Lipinski definition) is 4. The number of nitrogens with zero attached hydrogens (tertiary/aromatic N) is 2. The smallest absolute Gasteiger partial charge is 0.266 e. The Balaban J connectivity index is 1.54.